The van der Waals surface area contributed by atoms with Crippen molar-refractivity contribution in [1.82, 2.24) is 0 Å². The smallest absolute Gasteiger partial charge is 0.265 e. The molecular formula is C14H12BrClFNO2S. The Morgan fingerprint density at radius 3 is 2.48 bits per heavy atom. The SMILES string of the molecule is CN(c1ccccc1F)S(=O)(=O)c1ccc(CCl)cc1Br. The Kier molecular flexibility index (Phi) is 4.91. The van der Waals surface area contributed by atoms with E-state index in [1.54, 1.807) is 18.2 Å². The molecule has 112 valence electrons. The van der Waals surface area contributed by atoms with Crippen LogP contribution in [-0.2, 0) is 15.9 Å². The van der Waals surface area contributed by atoms with E-state index in [4.69, 9.17) is 11.6 Å². The van der Waals surface area contributed by atoms with Gasteiger partial charge in [-0.15, -0.1) is 11.6 Å². The highest BCUT2D eigenvalue weighted by Gasteiger charge is 2.25. The molecule has 2 aromatic rings. The fourth-order valence-electron chi connectivity index (χ4n) is 1.82. The summed E-state index contributed by atoms with van der Waals surface area (Å²) >= 11 is 8.94. The lowest BCUT2D eigenvalue weighted by molar-refractivity contribution is 0.589. The summed E-state index contributed by atoms with van der Waals surface area (Å²) in [5, 5.41) is 0. The summed E-state index contributed by atoms with van der Waals surface area (Å²) < 4.78 is 40.3. The first-order chi connectivity index (χ1) is 9.87. The lowest BCUT2D eigenvalue weighted by Gasteiger charge is -2.21. The first kappa shape index (κ1) is 16.3. The summed E-state index contributed by atoms with van der Waals surface area (Å²) in [6, 6.07) is 10.4. The van der Waals surface area contributed by atoms with Crippen LogP contribution in [-0.4, -0.2) is 15.5 Å². The monoisotopic (exact) mass is 391 g/mol. The Labute approximate surface area is 136 Å². The average Bonchev–Trinajstić information content (AvgIpc) is 2.46. The molecule has 0 amide bonds. The highest BCUT2D eigenvalue weighted by atomic mass is 79.9. The number of hydrogen-bond donors (Lipinski definition) is 0. The van der Waals surface area contributed by atoms with Crippen molar-refractivity contribution in [1.29, 1.82) is 0 Å². The zero-order chi connectivity index (χ0) is 15.6. The summed E-state index contributed by atoms with van der Waals surface area (Å²) in [5.41, 5.74) is 0.779. The minimum absolute atomic E-state index is 0.00850. The van der Waals surface area contributed by atoms with Gasteiger partial charge < -0.3 is 0 Å². The van der Waals surface area contributed by atoms with Gasteiger partial charge >= 0.3 is 0 Å². The molecule has 0 atom stereocenters. The number of hydrogen-bond acceptors (Lipinski definition) is 2. The first-order valence-electron chi connectivity index (χ1n) is 5.96. The maximum Gasteiger partial charge on any atom is 0.265 e. The number of nitrogens with zero attached hydrogens (tertiary/aromatic N) is 1. The molecule has 0 unspecified atom stereocenters. The number of halogens is 3. The highest BCUT2D eigenvalue weighted by Crippen LogP contribution is 2.30. The summed E-state index contributed by atoms with van der Waals surface area (Å²) in [7, 11) is -2.55. The summed E-state index contributed by atoms with van der Waals surface area (Å²) in [4.78, 5) is 0.0575. The minimum Gasteiger partial charge on any atom is -0.266 e. The molecule has 0 aromatic heterocycles. The van der Waals surface area contributed by atoms with E-state index in [1.165, 1.54) is 31.3 Å². The van der Waals surface area contributed by atoms with E-state index in [0.29, 0.717) is 4.47 Å². The molecule has 0 spiro atoms. The third kappa shape index (κ3) is 3.22. The van der Waals surface area contributed by atoms with Crippen molar-refractivity contribution in [3.63, 3.8) is 0 Å². The Hall–Kier alpha value is -1.11. The van der Waals surface area contributed by atoms with Crippen LogP contribution in [0.15, 0.2) is 51.8 Å². The largest absolute Gasteiger partial charge is 0.266 e. The molecule has 0 heterocycles. The van der Waals surface area contributed by atoms with Gasteiger partial charge in [-0.2, -0.15) is 0 Å². The van der Waals surface area contributed by atoms with Crippen molar-refractivity contribution in [2.45, 2.75) is 10.8 Å². The van der Waals surface area contributed by atoms with Gasteiger partial charge in [-0.3, -0.25) is 4.31 Å². The second-order valence-electron chi connectivity index (χ2n) is 4.32. The van der Waals surface area contributed by atoms with Gasteiger partial charge in [0.15, 0.2) is 0 Å². The van der Waals surface area contributed by atoms with Crippen molar-refractivity contribution in [3.8, 4) is 0 Å². The number of sulfonamides is 1. The molecule has 0 saturated heterocycles. The molecule has 21 heavy (non-hydrogen) atoms. The second kappa shape index (κ2) is 6.34. The first-order valence-corrected chi connectivity index (χ1v) is 8.72. The molecule has 0 bridgehead atoms. The second-order valence-corrected chi connectivity index (χ2v) is 7.38. The van der Waals surface area contributed by atoms with Crippen LogP contribution in [0.5, 0.6) is 0 Å². The topological polar surface area (TPSA) is 37.4 Å². The molecule has 2 aromatic carbocycles. The van der Waals surface area contributed by atoms with Gasteiger partial charge in [0, 0.05) is 17.4 Å². The maximum atomic E-state index is 13.8. The molecule has 0 fully saturated rings. The Bertz CT molecular complexity index is 767. The molecule has 2 rings (SSSR count). The van der Waals surface area contributed by atoms with E-state index >= 15 is 0 Å². The van der Waals surface area contributed by atoms with Crippen molar-refractivity contribution in [2.24, 2.45) is 0 Å². The van der Waals surface area contributed by atoms with Crippen LogP contribution in [0.2, 0.25) is 0 Å². The molecular weight excluding hydrogens is 381 g/mol. The van der Waals surface area contributed by atoms with Gasteiger partial charge in [0.2, 0.25) is 0 Å². The van der Waals surface area contributed by atoms with Gasteiger partial charge in [-0.05, 0) is 45.8 Å². The molecule has 0 N–H and O–H groups in total. The van der Waals surface area contributed by atoms with Crippen LogP contribution in [0.25, 0.3) is 0 Å². The van der Waals surface area contributed by atoms with Crippen LogP contribution in [0.3, 0.4) is 0 Å². The summed E-state index contributed by atoms with van der Waals surface area (Å²) in [6.07, 6.45) is 0. The predicted octanol–water partition coefficient (Wildman–Crippen LogP) is 4.15. The minimum atomic E-state index is -3.87. The van der Waals surface area contributed by atoms with Crippen molar-refractivity contribution in [2.75, 3.05) is 11.4 Å². The molecule has 0 saturated carbocycles. The zero-order valence-corrected chi connectivity index (χ0v) is 14.2. The summed E-state index contributed by atoms with van der Waals surface area (Å²) in [6.45, 7) is 0. The Morgan fingerprint density at radius 2 is 1.90 bits per heavy atom. The quantitative estimate of drug-likeness (QED) is 0.733. The van der Waals surface area contributed by atoms with Crippen LogP contribution < -0.4 is 4.31 Å². The highest BCUT2D eigenvalue weighted by molar-refractivity contribution is 9.10. The van der Waals surface area contributed by atoms with E-state index in [1.807, 2.05) is 0 Å². The molecule has 7 heteroatoms. The van der Waals surface area contributed by atoms with Gasteiger partial charge in [-0.1, -0.05) is 18.2 Å². The van der Waals surface area contributed by atoms with Gasteiger partial charge in [0.25, 0.3) is 10.0 Å². The molecule has 0 aliphatic rings. The average molecular weight is 393 g/mol. The third-order valence-corrected chi connectivity index (χ3v) is 6.04. The van der Waals surface area contributed by atoms with Crippen molar-refractivity contribution >= 4 is 43.2 Å². The fraction of sp³-hybridized carbons (Fsp3) is 0.143. The zero-order valence-electron chi connectivity index (χ0n) is 11.1. The Morgan fingerprint density at radius 1 is 1.24 bits per heavy atom. The molecule has 0 aliphatic carbocycles. The van der Waals surface area contributed by atoms with E-state index in [2.05, 4.69) is 15.9 Å². The normalized spacial score (nSPS) is 11.4. The van der Waals surface area contributed by atoms with E-state index < -0.39 is 15.8 Å². The van der Waals surface area contributed by atoms with Crippen molar-refractivity contribution < 1.29 is 12.8 Å². The fourth-order valence-corrected chi connectivity index (χ4v) is 4.27. The lowest BCUT2D eigenvalue weighted by atomic mass is 10.2. The maximum absolute atomic E-state index is 13.8. The number of anilines is 1. The van der Waals surface area contributed by atoms with Gasteiger partial charge in [0.05, 0.1) is 5.69 Å². The number of alkyl halides is 1. The van der Waals surface area contributed by atoms with Crippen LogP contribution >= 0.6 is 27.5 Å². The van der Waals surface area contributed by atoms with E-state index in [-0.39, 0.29) is 16.5 Å². The molecule has 3 nitrogen and oxygen atoms in total. The van der Waals surface area contributed by atoms with Crippen LogP contribution in [0, 0.1) is 5.82 Å². The van der Waals surface area contributed by atoms with Gasteiger partial charge in [0.1, 0.15) is 10.7 Å². The Balaban J connectivity index is 2.50. The molecule has 0 radical (unpaired) electrons. The van der Waals surface area contributed by atoms with Crippen molar-refractivity contribution in [3.05, 3.63) is 58.3 Å². The van der Waals surface area contributed by atoms with Crippen LogP contribution in [0.4, 0.5) is 10.1 Å². The van der Waals surface area contributed by atoms with E-state index in [9.17, 15) is 12.8 Å². The summed E-state index contributed by atoms with van der Waals surface area (Å²) in [5.74, 6) is -0.320. The number of benzene rings is 2. The number of para-hydroxylation sites is 1. The standard InChI is InChI=1S/C14H12BrClFNO2S/c1-18(13-5-3-2-4-12(13)17)21(19,20)14-7-6-10(9-16)8-11(14)15/h2-8H,9H2,1H3. The lowest BCUT2D eigenvalue weighted by Crippen LogP contribution is -2.27. The van der Waals surface area contributed by atoms with E-state index in [0.717, 1.165) is 9.87 Å². The third-order valence-electron chi connectivity index (χ3n) is 2.98. The van der Waals surface area contributed by atoms with Crippen LogP contribution in [0.1, 0.15) is 5.56 Å². The number of rotatable bonds is 4. The molecule has 0 aliphatic heterocycles. The van der Waals surface area contributed by atoms with Gasteiger partial charge in [-0.25, -0.2) is 12.8 Å². The predicted molar refractivity (Wildman–Crippen MR) is 85.7 cm³/mol.